The highest BCUT2D eigenvalue weighted by Gasteiger charge is 2.23. The smallest absolute Gasteiger partial charge is 0.115 e. The maximum Gasteiger partial charge on any atom is 0.115 e. The van der Waals surface area contributed by atoms with E-state index in [0.717, 1.165) is 52.7 Å². The Hall–Kier alpha value is -2.99. The summed E-state index contributed by atoms with van der Waals surface area (Å²) in [5.74, 6) is 0.466. The topological polar surface area (TPSA) is 72.3 Å². The number of aryl methyl sites for hydroxylation is 2. The summed E-state index contributed by atoms with van der Waals surface area (Å²) in [7, 11) is 0. The molecule has 0 unspecified atom stereocenters. The number of hydrogen-bond acceptors (Lipinski definition) is 4. The van der Waals surface area contributed by atoms with E-state index in [-0.39, 0.29) is 0 Å². The van der Waals surface area contributed by atoms with Gasteiger partial charge in [-0.2, -0.15) is 0 Å². The zero-order valence-electron chi connectivity index (χ0n) is 15.4. The first kappa shape index (κ1) is 17.1. The van der Waals surface area contributed by atoms with E-state index in [1.54, 1.807) is 6.20 Å². The van der Waals surface area contributed by atoms with Crippen LogP contribution in [-0.4, -0.2) is 29.9 Å². The number of pyridine rings is 1. The normalized spacial score (nSPS) is 15.7. The second kappa shape index (κ2) is 6.87. The van der Waals surface area contributed by atoms with Gasteiger partial charge in [0.05, 0.1) is 17.7 Å². The highest BCUT2D eigenvalue weighted by Crippen LogP contribution is 2.36. The molecule has 0 spiro atoms. The molecule has 0 saturated carbocycles. The standard InChI is InChI=1S/C21H19ClN6/c1-13-21(26-27-25-13)15-6-7-23-19(8-15)20-11-28(12-24-20)10-16-3-2-14-4-5-17(22)9-18(14)16/h4-9,11-12,16H,2-3,10H2,1H3,(H,25,26,27)/t16-/m1/s1. The molecule has 0 radical (unpaired) electrons. The summed E-state index contributed by atoms with van der Waals surface area (Å²) in [6, 6.07) is 10.2. The fourth-order valence-corrected chi connectivity index (χ4v) is 4.15. The summed E-state index contributed by atoms with van der Waals surface area (Å²) in [4.78, 5) is 9.07. The molecule has 0 saturated heterocycles. The number of imidazole rings is 1. The van der Waals surface area contributed by atoms with Crippen LogP contribution in [0.25, 0.3) is 22.6 Å². The Bertz CT molecular complexity index is 1150. The second-order valence-corrected chi connectivity index (χ2v) is 7.69. The molecular formula is C21H19ClN6. The van der Waals surface area contributed by atoms with Crippen molar-refractivity contribution in [2.24, 2.45) is 0 Å². The van der Waals surface area contributed by atoms with Gasteiger partial charge in [-0.05, 0) is 55.2 Å². The molecular weight excluding hydrogens is 372 g/mol. The van der Waals surface area contributed by atoms with Crippen molar-refractivity contribution < 1.29 is 0 Å². The van der Waals surface area contributed by atoms with Gasteiger partial charge in [0.2, 0.25) is 0 Å². The molecule has 0 fully saturated rings. The van der Waals surface area contributed by atoms with E-state index in [1.807, 2.05) is 31.5 Å². The summed E-state index contributed by atoms with van der Waals surface area (Å²) in [6.45, 7) is 2.85. The molecule has 1 atom stereocenters. The lowest BCUT2D eigenvalue weighted by atomic mass is 10.0. The van der Waals surface area contributed by atoms with E-state index in [1.165, 1.54) is 11.1 Å². The minimum atomic E-state index is 0.466. The van der Waals surface area contributed by atoms with E-state index < -0.39 is 0 Å². The van der Waals surface area contributed by atoms with Crippen LogP contribution in [0.15, 0.2) is 49.1 Å². The van der Waals surface area contributed by atoms with Gasteiger partial charge in [0.1, 0.15) is 11.4 Å². The van der Waals surface area contributed by atoms with E-state index in [2.05, 4.69) is 48.3 Å². The molecule has 3 heterocycles. The van der Waals surface area contributed by atoms with E-state index in [4.69, 9.17) is 11.6 Å². The van der Waals surface area contributed by atoms with Crippen molar-refractivity contribution in [1.29, 1.82) is 0 Å². The number of aromatic nitrogens is 6. The van der Waals surface area contributed by atoms with E-state index >= 15 is 0 Å². The van der Waals surface area contributed by atoms with Crippen molar-refractivity contribution in [2.75, 3.05) is 0 Å². The lowest BCUT2D eigenvalue weighted by Gasteiger charge is -2.12. The fraction of sp³-hybridized carbons (Fsp3) is 0.238. The molecule has 7 heteroatoms. The molecule has 140 valence electrons. The number of nitrogens with zero attached hydrogens (tertiary/aromatic N) is 5. The molecule has 4 aromatic rings. The average Bonchev–Trinajstić information content (AvgIpc) is 3.43. The Balaban J connectivity index is 1.39. The van der Waals surface area contributed by atoms with Crippen molar-refractivity contribution in [1.82, 2.24) is 29.9 Å². The Labute approximate surface area is 167 Å². The number of rotatable bonds is 4. The highest BCUT2D eigenvalue weighted by atomic mass is 35.5. The number of nitrogens with one attached hydrogen (secondary N) is 1. The molecule has 0 aliphatic heterocycles. The summed E-state index contributed by atoms with van der Waals surface area (Å²) >= 11 is 6.20. The van der Waals surface area contributed by atoms with Crippen molar-refractivity contribution in [3.05, 3.63) is 70.9 Å². The van der Waals surface area contributed by atoms with Gasteiger partial charge < -0.3 is 4.57 Å². The SMILES string of the molecule is Cc1[nH]nnc1-c1ccnc(-c2cn(C[C@H]3CCc4ccc(Cl)cc43)cn2)c1. The Morgan fingerprint density at radius 3 is 2.96 bits per heavy atom. The van der Waals surface area contributed by atoms with Crippen LogP contribution in [0.2, 0.25) is 5.02 Å². The zero-order chi connectivity index (χ0) is 19.1. The Morgan fingerprint density at radius 1 is 1.18 bits per heavy atom. The third-order valence-corrected chi connectivity index (χ3v) is 5.63. The zero-order valence-corrected chi connectivity index (χ0v) is 16.2. The first-order valence-corrected chi connectivity index (χ1v) is 9.70. The molecule has 1 N–H and O–H groups in total. The van der Waals surface area contributed by atoms with Crippen LogP contribution >= 0.6 is 11.6 Å². The average molecular weight is 391 g/mol. The maximum atomic E-state index is 6.20. The Morgan fingerprint density at radius 2 is 2.11 bits per heavy atom. The fourth-order valence-electron chi connectivity index (χ4n) is 3.97. The number of H-pyrrole nitrogens is 1. The lowest BCUT2D eigenvalue weighted by molar-refractivity contribution is 0.555. The largest absolute Gasteiger partial charge is 0.336 e. The molecule has 3 aromatic heterocycles. The number of halogens is 1. The third-order valence-electron chi connectivity index (χ3n) is 5.39. The van der Waals surface area contributed by atoms with Gasteiger partial charge in [-0.3, -0.25) is 10.1 Å². The second-order valence-electron chi connectivity index (χ2n) is 7.25. The molecule has 6 nitrogen and oxygen atoms in total. The van der Waals surface area contributed by atoms with Crippen molar-refractivity contribution >= 4 is 11.6 Å². The molecule has 28 heavy (non-hydrogen) atoms. The van der Waals surface area contributed by atoms with E-state index in [0.29, 0.717) is 5.92 Å². The number of hydrogen-bond donors (Lipinski definition) is 1. The first-order chi connectivity index (χ1) is 13.7. The van der Waals surface area contributed by atoms with Crippen LogP contribution in [-0.2, 0) is 13.0 Å². The van der Waals surface area contributed by atoms with Gasteiger partial charge in [-0.15, -0.1) is 5.10 Å². The lowest BCUT2D eigenvalue weighted by Crippen LogP contribution is -2.04. The molecule has 1 aromatic carbocycles. The molecule has 1 aliphatic carbocycles. The predicted molar refractivity (Wildman–Crippen MR) is 108 cm³/mol. The van der Waals surface area contributed by atoms with Crippen LogP contribution < -0.4 is 0 Å². The van der Waals surface area contributed by atoms with Gasteiger partial charge in [0.25, 0.3) is 0 Å². The summed E-state index contributed by atoms with van der Waals surface area (Å²) in [6.07, 6.45) is 7.98. The summed E-state index contributed by atoms with van der Waals surface area (Å²) < 4.78 is 2.14. The number of fused-ring (bicyclic) bond motifs is 1. The maximum absolute atomic E-state index is 6.20. The van der Waals surface area contributed by atoms with Crippen molar-refractivity contribution in [3.8, 4) is 22.6 Å². The van der Waals surface area contributed by atoms with Gasteiger partial charge in [-0.25, -0.2) is 4.98 Å². The summed E-state index contributed by atoms with van der Waals surface area (Å²) in [5.41, 5.74) is 7.20. The van der Waals surface area contributed by atoms with Crippen molar-refractivity contribution in [3.63, 3.8) is 0 Å². The van der Waals surface area contributed by atoms with Crippen LogP contribution in [0.1, 0.15) is 29.2 Å². The van der Waals surface area contributed by atoms with Crippen LogP contribution in [0, 0.1) is 6.92 Å². The van der Waals surface area contributed by atoms with Crippen LogP contribution in [0.3, 0.4) is 0 Å². The third kappa shape index (κ3) is 3.10. The summed E-state index contributed by atoms with van der Waals surface area (Å²) in [5, 5.41) is 11.7. The van der Waals surface area contributed by atoms with Crippen molar-refractivity contribution in [2.45, 2.75) is 32.2 Å². The van der Waals surface area contributed by atoms with Gasteiger partial charge in [0.15, 0.2) is 0 Å². The van der Waals surface area contributed by atoms with E-state index in [9.17, 15) is 0 Å². The monoisotopic (exact) mass is 390 g/mol. The van der Waals surface area contributed by atoms with Gasteiger partial charge in [0, 0.05) is 35.4 Å². The molecule has 5 rings (SSSR count). The van der Waals surface area contributed by atoms with Gasteiger partial charge in [-0.1, -0.05) is 22.9 Å². The number of aromatic amines is 1. The molecule has 0 bridgehead atoms. The number of benzene rings is 1. The van der Waals surface area contributed by atoms with Gasteiger partial charge >= 0.3 is 0 Å². The minimum absolute atomic E-state index is 0.466. The molecule has 1 aliphatic rings. The first-order valence-electron chi connectivity index (χ1n) is 9.32. The quantitative estimate of drug-likeness (QED) is 0.559. The minimum Gasteiger partial charge on any atom is -0.336 e. The Kier molecular flexibility index (Phi) is 4.20. The highest BCUT2D eigenvalue weighted by molar-refractivity contribution is 6.30. The predicted octanol–water partition coefficient (Wildman–Crippen LogP) is 4.42. The van der Waals surface area contributed by atoms with Crippen LogP contribution in [0.5, 0.6) is 0 Å². The van der Waals surface area contributed by atoms with Crippen LogP contribution in [0.4, 0.5) is 0 Å². The molecule has 0 amide bonds.